The van der Waals surface area contributed by atoms with Gasteiger partial charge in [-0.15, -0.1) is 0 Å². The Morgan fingerprint density at radius 1 is 0.625 bits per heavy atom. The van der Waals surface area contributed by atoms with Crippen LogP contribution in [0.3, 0.4) is 0 Å². The fourth-order valence-electron chi connectivity index (χ4n) is 3.56. The average Bonchev–Trinajstić information content (AvgIpc) is 3.01. The van der Waals surface area contributed by atoms with Crippen molar-refractivity contribution in [1.82, 2.24) is 4.90 Å². The molecule has 1 aliphatic rings. The van der Waals surface area contributed by atoms with E-state index in [1.54, 1.807) is 0 Å². The third kappa shape index (κ3) is 2.75. The van der Waals surface area contributed by atoms with Crippen molar-refractivity contribution in [3.8, 4) is 0 Å². The molecular formula is C22H21NO. The average molecular weight is 315 g/mol. The van der Waals surface area contributed by atoms with Gasteiger partial charge < -0.3 is 4.74 Å². The van der Waals surface area contributed by atoms with Gasteiger partial charge in [0.25, 0.3) is 0 Å². The Morgan fingerprint density at radius 3 is 1.62 bits per heavy atom. The van der Waals surface area contributed by atoms with Crippen LogP contribution in [0.1, 0.15) is 35.1 Å². The van der Waals surface area contributed by atoms with Gasteiger partial charge in [-0.3, -0.25) is 4.90 Å². The summed E-state index contributed by atoms with van der Waals surface area (Å²) in [6.45, 7) is 0. The van der Waals surface area contributed by atoms with Crippen LogP contribution in [-0.2, 0) is 4.74 Å². The monoisotopic (exact) mass is 315 g/mol. The highest BCUT2D eigenvalue weighted by Crippen LogP contribution is 2.49. The zero-order valence-corrected chi connectivity index (χ0v) is 13.7. The van der Waals surface area contributed by atoms with E-state index in [4.69, 9.17) is 4.74 Å². The Bertz CT molecular complexity index is 773. The van der Waals surface area contributed by atoms with Gasteiger partial charge in [0.05, 0.1) is 6.04 Å². The van der Waals surface area contributed by atoms with Gasteiger partial charge in [0.1, 0.15) is 12.3 Å². The van der Waals surface area contributed by atoms with Crippen LogP contribution in [0.25, 0.3) is 0 Å². The molecule has 3 aromatic rings. The molecule has 1 fully saturated rings. The van der Waals surface area contributed by atoms with Gasteiger partial charge in [0, 0.05) is 0 Å². The first-order chi connectivity index (χ1) is 11.8. The number of ether oxygens (including phenoxy) is 1. The third-order valence-corrected chi connectivity index (χ3v) is 4.72. The summed E-state index contributed by atoms with van der Waals surface area (Å²) < 4.78 is 6.54. The molecule has 0 unspecified atom stereocenters. The maximum atomic E-state index is 6.54. The molecule has 0 spiro atoms. The lowest BCUT2D eigenvalue weighted by atomic mass is 9.95. The fraction of sp³-hybridized carbons (Fsp3) is 0.182. The van der Waals surface area contributed by atoms with Gasteiger partial charge in [0.2, 0.25) is 0 Å². The minimum absolute atomic E-state index is 0.0174. The number of hydrogen-bond acceptors (Lipinski definition) is 2. The standard InChI is InChI=1S/C22H21NO/c1-23-20(17-11-5-2-6-12-17)21(18-13-7-3-8-14-18)24-22(23)19-15-9-4-10-16-19/h2-16,20-22H,1H3/t20-,21-,22-/m1/s1. The van der Waals surface area contributed by atoms with Gasteiger partial charge >= 0.3 is 0 Å². The van der Waals surface area contributed by atoms with Crippen LogP contribution in [0.15, 0.2) is 91.0 Å². The van der Waals surface area contributed by atoms with E-state index < -0.39 is 0 Å². The molecule has 120 valence electrons. The second-order valence-electron chi connectivity index (χ2n) is 6.25. The van der Waals surface area contributed by atoms with E-state index in [9.17, 15) is 0 Å². The molecule has 0 amide bonds. The van der Waals surface area contributed by atoms with Crippen molar-refractivity contribution in [2.45, 2.75) is 18.4 Å². The summed E-state index contributed by atoms with van der Waals surface area (Å²) >= 11 is 0. The Hall–Kier alpha value is -2.42. The maximum absolute atomic E-state index is 6.54. The Labute approximate surface area is 143 Å². The van der Waals surface area contributed by atoms with Crippen LogP contribution in [0.2, 0.25) is 0 Å². The lowest BCUT2D eigenvalue weighted by Crippen LogP contribution is -2.23. The molecule has 1 saturated heterocycles. The van der Waals surface area contributed by atoms with Crippen LogP contribution in [0.5, 0.6) is 0 Å². The Morgan fingerprint density at radius 2 is 1.08 bits per heavy atom. The van der Waals surface area contributed by atoms with Crippen molar-refractivity contribution in [3.05, 3.63) is 108 Å². The second-order valence-corrected chi connectivity index (χ2v) is 6.25. The molecule has 24 heavy (non-hydrogen) atoms. The van der Waals surface area contributed by atoms with E-state index in [-0.39, 0.29) is 18.4 Å². The van der Waals surface area contributed by atoms with Crippen molar-refractivity contribution < 1.29 is 4.74 Å². The summed E-state index contributed by atoms with van der Waals surface area (Å²) in [4.78, 5) is 2.34. The van der Waals surface area contributed by atoms with Crippen LogP contribution in [-0.4, -0.2) is 11.9 Å². The van der Waals surface area contributed by atoms with Crippen molar-refractivity contribution in [3.63, 3.8) is 0 Å². The molecular weight excluding hydrogens is 294 g/mol. The first-order valence-electron chi connectivity index (χ1n) is 8.37. The third-order valence-electron chi connectivity index (χ3n) is 4.72. The molecule has 3 aromatic carbocycles. The maximum Gasteiger partial charge on any atom is 0.138 e. The number of hydrogen-bond donors (Lipinski definition) is 0. The van der Waals surface area contributed by atoms with Crippen LogP contribution < -0.4 is 0 Å². The SMILES string of the molecule is CN1[C@@H](c2ccccc2)O[C@H](c2ccccc2)[C@H]1c1ccccc1. The van der Waals surface area contributed by atoms with Gasteiger partial charge in [0.15, 0.2) is 0 Å². The highest BCUT2D eigenvalue weighted by Gasteiger charge is 2.42. The molecule has 0 aliphatic carbocycles. The molecule has 0 N–H and O–H groups in total. The normalized spacial score (nSPS) is 24.1. The fourth-order valence-corrected chi connectivity index (χ4v) is 3.56. The number of benzene rings is 3. The summed E-state index contributed by atoms with van der Waals surface area (Å²) in [5, 5.41) is 0. The predicted molar refractivity (Wildman–Crippen MR) is 96.4 cm³/mol. The topological polar surface area (TPSA) is 12.5 Å². The van der Waals surface area contributed by atoms with Crippen LogP contribution >= 0.6 is 0 Å². The van der Waals surface area contributed by atoms with E-state index >= 15 is 0 Å². The van der Waals surface area contributed by atoms with Gasteiger partial charge in [-0.05, 0) is 23.7 Å². The van der Waals surface area contributed by atoms with E-state index in [2.05, 4.69) is 90.8 Å². The summed E-state index contributed by atoms with van der Waals surface area (Å²) in [7, 11) is 2.15. The molecule has 1 aliphatic heterocycles. The Balaban J connectivity index is 1.76. The first kappa shape index (κ1) is 15.1. The van der Waals surface area contributed by atoms with E-state index in [0.29, 0.717) is 0 Å². The first-order valence-corrected chi connectivity index (χ1v) is 8.37. The molecule has 0 bridgehead atoms. The molecule has 3 atom stereocenters. The largest absolute Gasteiger partial charge is 0.349 e. The lowest BCUT2D eigenvalue weighted by Gasteiger charge is -2.25. The highest BCUT2D eigenvalue weighted by atomic mass is 16.5. The van der Waals surface area contributed by atoms with Crippen molar-refractivity contribution in [2.75, 3.05) is 7.05 Å². The minimum Gasteiger partial charge on any atom is -0.349 e. The van der Waals surface area contributed by atoms with Crippen molar-refractivity contribution >= 4 is 0 Å². The van der Waals surface area contributed by atoms with Crippen LogP contribution in [0, 0.1) is 0 Å². The second kappa shape index (κ2) is 6.60. The van der Waals surface area contributed by atoms with Crippen molar-refractivity contribution in [2.24, 2.45) is 0 Å². The summed E-state index contributed by atoms with van der Waals surface area (Å²) in [6.07, 6.45) is -0.0228. The molecule has 1 heterocycles. The van der Waals surface area contributed by atoms with Gasteiger partial charge in [-0.1, -0.05) is 91.0 Å². The smallest absolute Gasteiger partial charge is 0.138 e. The number of likely N-dealkylation sites (N-methyl/N-ethyl adjacent to an activating group) is 1. The molecule has 0 radical (unpaired) electrons. The van der Waals surface area contributed by atoms with Crippen LogP contribution in [0.4, 0.5) is 0 Å². The summed E-state index contributed by atoms with van der Waals surface area (Å²) in [5.41, 5.74) is 3.70. The Kier molecular flexibility index (Phi) is 4.16. The molecule has 2 heteroatoms. The van der Waals surface area contributed by atoms with Gasteiger partial charge in [-0.25, -0.2) is 0 Å². The molecule has 2 nitrogen and oxygen atoms in total. The quantitative estimate of drug-likeness (QED) is 0.664. The zero-order chi connectivity index (χ0) is 16.4. The van der Waals surface area contributed by atoms with E-state index in [0.717, 1.165) is 0 Å². The molecule has 0 saturated carbocycles. The van der Waals surface area contributed by atoms with E-state index in [1.165, 1.54) is 16.7 Å². The zero-order valence-electron chi connectivity index (χ0n) is 13.7. The molecule has 4 rings (SSSR count). The van der Waals surface area contributed by atoms with Gasteiger partial charge in [-0.2, -0.15) is 0 Å². The molecule has 0 aromatic heterocycles. The predicted octanol–water partition coefficient (Wildman–Crippen LogP) is 5.13. The van der Waals surface area contributed by atoms with Crippen molar-refractivity contribution in [1.29, 1.82) is 0 Å². The summed E-state index contributed by atoms with van der Waals surface area (Å²) in [5.74, 6) is 0. The summed E-state index contributed by atoms with van der Waals surface area (Å²) in [6, 6.07) is 31.8. The highest BCUT2D eigenvalue weighted by molar-refractivity contribution is 5.30. The number of rotatable bonds is 3. The van der Waals surface area contributed by atoms with E-state index in [1.807, 2.05) is 12.1 Å². The minimum atomic E-state index is -0.0402. The number of nitrogens with zero attached hydrogens (tertiary/aromatic N) is 1. The lowest BCUT2D eigenvalue weighted by molar-refractivity contribution is 0.00560.